The molecule has 3 aromatic rings. The third kappa shape index (κ3) is 7.69. The summed E-state index contributed by atoms with van der Waals surface area (Å²) < 4.78 is 22.1. The first-order chi connectivity index (χ1) is 20.7. The Balaban J connectivity index is 1.67. The fourth-order valence-corrected chi connectivity index (χ4v) is 6.58. The van der Waals surface area contributed by atoms with Crippen LogP contribution in [0.4, 0.5) is 5.69 Å². The van der Waals surface area contributed by atoms with Gasteiger partial charge in [0.05, 0.1) is 23.1 Å². The summed E-state index contributed by atoms with van der Waals surface area (Å²) in [6.07, 6.45) is 0.0523. The van der Waals surface area contributed by atoms with Crippen molar-refractivity contribution in [3.8, 4) is 21.9 Å². The monoisotopic (exact) mass is 675 g/mol. The number of nitro groups is 1. The molecule has 14 heteroatoms. The fourth-order valence-electron chi connectivity index (χ4n) is 4.62. The molecule has 1 aromatic heterocycles. The maximum atomic E-state index is 13.8. The second kappa shape index (κ2) is 14.9. The lowest BCUT2D eigenvalue weighted by molar-refractivity contribution is -0.484. The normalized spacial score (nSPS) is 13.9. The number of esters is 2. The van der Waals surface area contributed by atoms with Crippen LogP contribution in [-0.4, -0.2) is 62.4 Å². The largest absolute Gasteiger partial charge is 0.480 e. The molecule has 43 heavy (non-hydrogen) atoms. The van der Waals surface area contributed by atoms with Gasteiger partial charge in [0.1, 0.15) is 11.4 Å². The van der Waals surface area contributed by atoms with Crippen molar-refractivity contribution in [1.29, 1.82) is 0 Å². The van der Waals surface area contributed by atoms with Crippen LogP contribution in [0.15, 0.2) is 59.1 Å². The number of carbonyl (C=O) groups is 3. The maximum absolute atomic E-state index is 13.8. The number of rotatable bonds is 12. The number of nitrogens with one attached hydrogen (secondary N) is 1. The number of methoxy groups -OCH3 is 1. The minimum Gasteiger partial charge on any atom is -0.480 e. The SMILES string of the molecule is CCOC(=O)COc1c(C(=O)OC)sc(-c2cccc(OC(C(=O)N(c3ccccc3)[N+](=O)[O-])C3CCNCC3)c2)c1Br. The van der Waals surface area contributed by atoms with Gasteiger partial charge in [0.2, 0.25) is 0 Å². The molecule has 1 aliphatic heterocycles. The number of amides is 1. The van der Waals surface area contributed by atoms with E-state index in [1.807, 2.05) is 0 Å². The summed E-state index contributed by atoms with van der Waals surface area (Å²) in [5.41, 5.74) is 0.734. The van der Waals surface area contributed by atoms with Gasteiger partial charge in [0.15, 0.2) is 28.4 Å². The number of hydrogen-bond acceptors (Lipinski definition) is 11. The van der Waals surface area contributed by atoms with Gasteiger partial charge < -0.3 is 24.3 Å². The highest BCUT2D eigenvalue weighted by atomic mass is 79.9. The first-order valence-electron chi connectivity index (χ1n) is 13.4. The lowest BCUT2D eigenvalue weighted by atomic mass is 9.91. The van der Waals surface area contributed by atoms with Gasteiger partial charge in [-0.2, -0.15) is 0 Å². The van der Waals surface area contributed by atoms with Gasteiger partial charge in [-0.3, -0.25) is 4.79 Å². The van der Waals surface area contributed by atoms with Crippen LogP contribution in [0.25, 0.3) is 10.4 Å². The molecule has 0 bridgehead atoms. The van der Waals surface area contributed by atoms with Crippen LogP contribution in [0.3, 0.4) is 0 Å². The van der Waals surface area contributed by atoms with Crippen molar-refractivity contribution in [3.63, 3.8) is 0 Å². The second-order valence-corrected chi connectivity index (χ2v) is 11.2. The average molecular weight is 677 g/mol. The summed E-state index contributed by atoms with van der Waals surface area (Å²) in [5, 5.41) is 15.1. The number of benzene rings is 2. The summed E-state index contributed by atoms with van der Waals surface area (Å²) in [6.45, 7) is 2.74. The number of ether oxygens (including phenoxy) is 4. The summed E-state index contributed by atoms with van der Waals surface area (Å²) in [5.74, 6) is -1.88. The van der Waals surface area contributed by atoms with Crippen LogP contribution >= 0.6 is 27.3 Å². The molecule has 0 radical (unpaired) electrons. The molecule has 1 atom stereocenters. The Kier molecular flexibility index (Phi) is 11.1. The zero-order valence-corrected chi connectivity index (χ0v) is 25.9. The number of piperidine rings is 1. The van der Waals surface area contributed by atoms with Gasteiger partial charge >= 0.3 is 17.8 Å². The second-order valence-electron chi connectivity index (χ2n) is 9.37. The minimum atomic E-state index is -1.14. The number of halogens is 1. The van der Waals surface area contributed by atoms with E-state index in [1.54, 1.807) is 49.4 Å². The van der Waals surface area contributed by atoms with Crippen molar-refractivity contribution in [3.05, 3.63) is 74.1 Å². The van der Waals surface area contributed by atoms with Crippen LogP contribution in [0.5, 0.6) is 11.5 Å². The molecule has 0 aliphatic carbocycles. The highest BCUT2D eigenvalue weighted by molar-refractivity contribution is 9.10. The molecule has 2 heterocycles. The summed E-state index contributed by atoms with van der Waals surface area (Å²) in [6, 6.07) is 14.8. The third-order valence-corrected chi connectivity index (χ3v) is 8.83. The van der Waals surface area contributed by atoms with E-state index in [2.05, 4.69) is 21.2 Å². The van der Waals surface area contributed by atoms with E-state index < -0.39 is 35.6 Å². The first-order valence-corrected chi connectivity index (χ1v) is 15.1. The lowest BCUT2D eigenvalue weighted by Gasteiger charge is -2.31. The van der Waals surface area contributed by atoms with Gasteiger partial charge in [-0.15, -0.1) is 11.3 Å². The smallest absolute Gasteiger partial charge is 0.351 e. The zero-order chi connectivity index (χ0) is 30.9. The highest BCUT2D eigenvalue weighted by Gasteiger charge is 2.40. The van der Waals surface area contributed by atoms with Crippen LogP contribution in [0, 0.1) is 16.0 Å². The number of anilines is 1. The lowest BCUT2D eigenvalue weighted by Crippen LogP contribution is -2.50. The summed E-state index contributed by atoms with van der Waals surface area (Å²) >= 11 is 4.57. The topological polar surface area (TPSA) is 147 Å². The van der Waals surface area contributed by atoms with E-state index in [1.165, 1.54) is 19.2 Å². The summed E-state index contributed by atoms with van der Waals surface area (Å²) in [7, 11) is 1.24. The van der Waals surface area contributed by atoms with Crippen molar-refractivity contribution in [2.24, 2.45) is 5.92 Å². The molecule has 1 fully saturated rings. The maximum Gasteiger partial charge on any atom is 0.351 e. The predicted molar refractivity (Wildman–Crippen MR) is 162 cm³/mol. The molecule has 0 saturated carbocycles. The van der Waals surface area contributed by atoms with Crippen molar-refractivity contribution < 1.29 is 38.4 Å². The molecule has 1 saturated heterocycles. The van der Waals surface area contributed by atoms with Crippen molar-refractivity contribution in [2.75, 3.05) is 38.4 Å². The molecule has 2 aromatic carbocycles. The van der Waals surface area contributed by atoms with Gasteiger partial charge in [-0.25, -0.2) is 19.7 Å². The molecular formula is C29H30BrN3O9S. The Morgan fingerprint density at radius 3 is 2.51 bits per heavy atom. The van der Waals surface area contributed by atoms with Crippen molar-refractivity contribution in [2.45, 2.75) is 25.9 Å². The highest BCUT2D eigenvalue weighted by Crippen LogP contribution is 2.46. The molecule has 228 valence electrons. The third-order valence-electron chi connectivity index (χ3n) is 6.61. The van der Waals surface area contributed by atoms with Crippen LogP contribution < -0.4 is 19.8 Å². The Morgan fingerprint density at radius 1 is 1.14 bits per heavy atom. The molecule has 1 amide bonds. The predicted octanol–water partition coefficient (Wildman–Crippen LogP) is 4.88. The van der Waals surface area contributed by atoms with E-state index in [0.717, 1.165) is 11.3 Å². The number of hydrazine groups is 1. The van der Waals surface area contributed by atoms with E-state index in [4.69, 9.17) is 18.9 Å². The number of thiophene rings is 1. The number of hydrogen-bond donors (Lipinski definition) is 1. The van der Waals surface area contributed by atoms with E-state index in [9.17, 15) is 24.5 Å². The molecule has 0 spiro atoms. The average Bonchev–Trinajstić information content (AvgIpc) is 3.35. The van der Waals surface area contributed by atoms with Crippen LogP contribution in [0.1, 0.15) is 29.4 Å². The Morgan fingerprint density at radius 2 is 1.86 bits per heavy atom. The number of carbonyl (C=O) groups excluding carboxylic acids is 3. The quantitative estimate of drug-likeness (QED) is 0.160. The van der Waals surface area contributed by atoms with Crippen LogP contribution in [0.2, 0.25) is 0 Å². The fraction of sp³-hybridized carbons (Fsp3) is 0.345. The van der Waals surface area contributed by atoms with Gasteiger partial charge in [-0.05, 0) is 83.6 Å². The minimum absolute atomic E-state index is 0.124. The molecule has 1 N–H and O–H groups in total. The van der Waals surface area contributed by atoms with Crippen LogP contribution in [-0.2, 0) is 19.1 Å². The summed E-state index contributed by atoms with van der Waals surface area (Å²) in [4.78, 5) is 51.0. The van der Waals surface area contributed by atoms with Gasteiger partial charge in [0, 0.05) is 5.92 Å². The van der Waals surface area contributed by atoms with E-state index in [0.29, 0.717) is 51.6 Å². The standard InChI is InChI=1S/C29H30BrN3O9S/c1-3-40-22(34)17-41-25-23(30)26(43-27(25)29(36)39-2)19-8-7-11-21(16-19)42-24(18-12-14-31-15-13-18)28(35)32(33(37)38)20-9-5-4-6-10-20/h4-11,16,18,24,31H,3,12-15,17H2,1-2H3. The molecule has 4 rings (SSSR count). The number of nitrogens with zero attached hydrogens (tertiary/aromatic N) is 2. The molecule has 1 aliphatic rings. The zero-order valence-electron chi connectivity index (χ0n) is 23.4. The number of para-hydroxylation sites is 1. The first kappa shape index (κ1) is 31.9. The Bertz CT molecular complexity index is 1460. The van der Waals surface area contributed by atoms with Gasteiger partial charge in [-0.1, -0.05) is 30.3 Å². The van der Waals surface area contributed by atoms with Crippen molar-refractivity contribution >= 4 is 50.8 Å². The Hall–Kier alpha value is -4.01. The molecular weight excluding hydrogens is 646 g/mol. The van der Waals surface area contributed by atoms with E-state index >= 15 is 0 Å². The van der Waals surface area contributed by atoms with E-state index in [-0.39, 0.29) is 28.8 Å². The van der Waals surface area contributed by atoms with Crippen molar-refractivity contribution in [1.82, 2.24) is 5.32 Å². The Labute approximate surface area is 260 Å². The van der Waals surface area contributed by atoms with Gasteiger partial charge in [0.25, 0.3) is 0 Å². The molecule has 12 nitrogen and oxygen atoms in total. The molecule has 1 unspecified atom stereocenters.